The molecule has 1 aliphatic carbocycles. The summed E-state index contributed by atoms with van der Waals surface area (Å²) in [4.78, 5) is 17.9. The highest BCUT2D eigenvalue weighted by molar-refractivity contribution is 7.18. The molecule has 0 bridgehead atoms. The number of ether oxygens (including phenoxy) is 2. The number of methoxy groups -OCH3 is 1. The number of hydrogen-bond donors (Lipinski definition) is 1. The van der Waals surface area contributed by atoms with Crippen molar-refractivity contribution in [3.05, 3.63) is 125 Å². The molecule has 2 atom stereocenters. The number of carbonyl (C=O) groups excluding carboxylic acids is 1. The van der Waals surface area contributed by atoms with Gasteiger partial charge in [0.25, 0.3) is 5.91 Å². The van der Waals surface area contributed by atoms with E-state index in [4.69, 9.17) is 14.6 Å². The summed E-state index contributed by atoms with van der Waals surface area (Å²) in [6.45, 7) is 1.83. The third kappa shape index (κ3) is 4.50. The van der Waals surface area contributed by atoms with E-state index in [-0.39, 0.29) is 18.0 Å². The molecule has 1 fully saturated rings. The van der Waals surface area contributed by atoms with Crippen LogP contribution >= 0.6 is 11.3 Å². The van der Waals surface area contributed by atoms with Crippen LogP contribution in [0, 0.1) is 5.92 Å². The highest BCUT2D eigenvalue weighted by atomic mass is 32.1. The Morgan fingerprint density at radius 2 is 1.56 bits per heavy atom. The van der Waals surface area contributed by atoms with Gasteiger partial charge in [-0.1, -0.05) is 97.4 Å². The van der Waals surface area contributed by atoms with Crippen molar-refractivity contribution >= 4 is 22.9 Å². The van der Waals surface area contributed by atoms with Crippen molar-refractivity contribution in [2.45, 2.75) is 36.9 Å². The van der Waals surface area contributed by atoms with Gasteiger partial charge < -0.3 is 19.7 Å². The number of nitrogens with zero attached hydrogens (tertiary/aromatic N) is 3. The van der Waals surface area contributed by atoms with Gasteiger partial charge in [-0.25, -0.2) is 0 Å². The zero-order chi connectivity index (χ0) is 30.4. The number of carbonyl (C=O) groups is 1. The summed E-state index contributed by atoms with van der Waals surface area (Å²) in [6.07, 6.45) is 7.53. The molecule has 2 aromatic heterocycles. The number of benzene rings is 3. The van der Waals surface area contributed by atoms with Gasteiger partial charge in [-0.05, 0) is 35.4 Å². The number of amides is 1. The lowest BCUT2D eigenvalue weighted by Gasteiger charge is -2.43. The highest BCUT2D eigenvalue weighted by Gasteiger charge is 2.46. The molecule has 8 heteroatoms. The fraction of sp³-hybridized carbons (Fsp3) is 0.297. The van der Waals surface area contributed by atoms with Crippen molar-refractivity contribution in [2.24, 2.45) is 5.92 Å². The summed E-state index contributed by atoms with van der Waals surface area (Å²) in [5, 5.41) is 8.51. The van der Waals surface area contributed by atoms with Crippen LogP contribution in [0.2, 0.25) is 0 Å². The average molecular weight is 617 g/mol. The lowest BCUT2D eigenvalue weighted by Crippen LogP contribution is -2.57. The average Bonchev–Trinajstić information content (AvgIpc) is 3.68. The van der Waals surface area contributed by atoms with Crippen LogP contribution in [0.25, 0.3) is 10.4 Å². The van der Waals surface area contributed by atoms with Crippen LogP contribution in [0.1, 0.15) is 45.6 Å². The maximum atomic E-state index is 13.9. The molecule has 45 heavy (non-hydrogen) atoms. The fourth-order valence-corrected chi connectivity index (χ4v) is 8.63. The maximum absolute atomic E-state index is 13.9. The number of hydrogen-bond acceptors (Lipinski definition) is 6. The van der Waals surface area contributed by atoms with E-state index in [1.807, 2.05) is 24.4 Å². The lowest BCUT2D eigenvalue weighted by atomic mass is 9.76. The molecule has 1 saturated carbocycles. The summed E-state index contributed by atoms with van der Waals surface area (Å²) in [7, 11) is 1.75. The summed E-state index contributed by atoms with van der Waals surface area (Å²) >= 11 is 1.50. The third-order valence-electron chi connectivity index (χ3n) is 9.78. The summed E-state index contributed by atoms with van der Waals surface area (Å²) < 4.78 is 14.2. The van der Waals surface area contributed by atoms with Crippen LogP contribution in [0.3, 0.4) is 0 Å². The number of rotatable bonds is 8. The Balaban J connectivity index is 1.29. The Hall–Kier alpha value is -4.40. The van der Waals surface area contributed by atoms with Crippen LogP contribution < -0.4 is 15.0 Å². The van der Waals surface area contributed by atoms with Crippen molar-refractivity contribution in [1.29, 1.82) is 0 Å². The quantitative estimate of drug-likeness (QED) is 0.200. The van der Waals surface area contributed by atoms with Gasteiger partial charge in [0.2, 0.25) is 0 Å². The highest BCUT2D eigenvalue weighted by Crippen LogP contribution is 2.52. The van der Waals surface area contributed by atoms with E-state index >= 15 is 0 Å². The number of nitrogens with one attached hydrogen (secondary N) is 1. The number of anilines is 1. The molecule has 0 spiro atoms. The van der Waals surface area contributed by atoms with E-state index in [9.17, 15) is 4.79 Å². The van der Waals surface area contributed by atoms with Crippen molar-refractivity contribution < 1.29 is 14.3 Å². The standard InChI is InChI=1S/C37H36N4O3S/c1-43-24-30-31(25-12-11-13-25)39-36(42)35-32-33(44-21-20-40(30)32)34(45-35)26-22-38-41(23-26)37(27-14-5-2-6-15-27,28-16-7-3-8-17-28)29-18-9-4-10-19-29/h2-10,14-19,22-23,25,30-31H,11-13,20-21,24H2,1H3,(H,39,42). The van der Waals surface area contributed by atoms with E-state index < -0.39 is 5.54 Å². The first kappa shape index (κ1) is 28.1. The van der Waals surface area contributed by atoms with Crippen LogP contribution in [0.5, 0.6) is 5.75 Å². The SMILES string of the molecule is COCC1C(C2CCC2)NC(=O)c2sc(-c3cnn(C(c4ccccc4)(c4ccccc4)c4ccccc4)c3)c3c2N1CCO3. The number of aromatic nitrogens is 2. The molecule has 1 amide bonds. The smallest absolute Gasteiger partial charge is 0.263 e. The molecule has 5 aromatic rings. The van der Waals surface area contributed by atoms with E-state index in [0.29, 0.717) is 24.0 Å². The molecular formula is C37H36N4O3S. The van der Waals surface area contributed by atoms with Gasteiger partial charge in [-0.2, -0.15) is 5.10 Å². The Bertz CT molecular complexity index is 1700. The Morgan fingerprint density at radius 1 is 0.933 bits per heavy atom. The zero-order valence-electron chi connectivity index (χ0n) is 25.3. The van der Waals surface area contributed by atoms with Gasteiger partial charge >= 0.3 is 0 Å². The van der Waals surface area contributed by atoms with E-state index in [2.05, 4.69) is 93.9 Å². The van der Waals surface area contributed by atoms with Crippen molar-refractivity contribution in [3.63, 3.8) is 0 Å². The minimum absolute atomic E-state index is 0.0203. The molecule has 0 radical (unpaired) electrons. The van der Waals surface area contributed by atoms with Gasteiger partial charge in [-0.15, -0.1) is 11.3 Å². The molecule has 2 aliphatic heterocycles. The molecule has 1 N–H and O–H groups in total. The van der Waals surface area contributed by atoms with E-state index in [1.165, 1.54) is 17.8 Å². The molecule has 0 saturated heterocycles. The molecule has 3 aromatic carbocycles. The molecular weight excluding hydrogens is 580 g/mol. The van der Waals surface area contributed by atoms with Crippen LogP contribution in [-0.4, -0.2) is 54.6 Å². The van der Waals surface area contributed by atoms with E-state index in [1.54, 1.807) is 7.11 Å². The Labute approximate surface area is 267 Å². The minimum Gasteiger partial charge on any atom is -0.488 e. The number of thiophene rings is 1. The lowest BCUT2D eigenvalue weighted by molar-refractivity contribution is 0.0846. The summed E-state index contributed by atoms with van der Waals surface area (Å²) in [6, 6.07) is 31.7. The topological polar surface area (TPSA) is 68.6 Å². The predicted octanol–water partition coefficient (Wildman–Crippen LogP) is 6.58. The first-order valence-electron chi connectivity index (χ1n) is 15.8. The van der Waals surface area contributed by atoms with E-state index in [0.717, 1.165) is 58.0 Å². The predicted molar refractivity (Wildman–Crippen MR) is 177 cm³/mol. The second-order valence-corrected chi connectivity index (χ2v) is 13.2. The zero-order valence-corrected chi connectivity index (χ0v) is 26.1. The molecule has 3 aliphatic rings. The second-order valence-electron chi connectivity index (χ2n) is 12.2. The fourth-order valence-electron chi connectivity index (χ4n) is 7.50. The normalized spacial score (nSPS) is 19.7. The van der Waals surface area contributed by atoms with Crippen LogP contribution in [-0.2, 0) is 10.3 Å². The first-order valence-corrected chi connectivity index (χ1v) is 16.6. The van der Waals surface area contributed by atoms with Crippen LogP contribution in [0.4, 0.5) is 5.69 Å². The van der Waals surface area contributed by atoms with Crippen LogP contribution in [0.15, 0.2) is 103 Å². The summed E-state index contributed by atoms with van der Waals surface area (Å²) in [5.74, 6) is 1.23. The second kappa shape index (κ2) is 11.5. The maximum Gasteiger partial charge on any atom is 0.263 e. The van der Waals surface area contributed by atoms with Crippen molar-refractivity contribution in [2.75, 3.05) is 31.8 Å². The van der Waals surface area contributed by atoms with Crippen molar-refractivity contribution in [3.8, 4) is 16.2 Å². The first-order chi connectivity index (χ1) is 22.2. The summed E-state index contributed by atoms with van der Waals surface area (Å²) in [5.41, 5.74) is 4.40. The molecule has 228 valence electrons. The van der Waals surface area contributed by atoms with Gasteiger partial charge in [0.1, 0.15) is 22.7 Å². The molecule has 4 heterocycles. The largest absolute Gasteiger partial charge is 0.488 e. The van der Waals surface area contributed by atoms with Gasteiger partial charge in [0, 0.05) is 18.9 Å². The minimum atomic E-state index is -0.725. The molecule has 2 unspecified atom stereocenters. The van der Waals surface area contributed by atoms with Gasteiger partial charge in [-0.3, -0.25) is 9.48 Å². The molecule has 7 nitrogen and oxygen atoms in total. The van der Waals surface area contributed by atoms with Crippen molar-refractivity contribution in [1.82, 2.24) is 15.1 Å². The Morgan fingerprint density at radius 3 is 2.11 bits per heavy atom. The monoisotopic (exact) mass is 616 g/mol. The van der Waals surface area contributed by atoms with Gasteiger partial charge in [0.15, 0.2) is 5.75 Å². The molecule has 8 rings (SSSR count). The van der Waals surface area contributed by atoms with Gasteiger partial charge in [0.05, 0.1) is 36.3 Å². The Kier molecular flexibility index (Phi) is 7.19. The third-order valence-corrected chi connectivity index (χ3v) is 11.0.